The van der Waals surface area contributed by atoms with Gasteiger partial charge in [0.05, 0.1) is 6.10 Å². The Kier molecular flexibility index (Phi) is 4.09. The largest absolute Gasteiger partial charge is 0.444 e. The van der Waals surface area contributed by atoms with E-state index in [-0.39, 0.29) is 23.5 Å². The summed E-state index contributed by atoms with van der Waals surface area (Å²) in [7, 11) is 0. The van der Waals surface area contributed by atoms with Crippen molar-refractivity contribution in [1.82, 2.24) is 5.32 Å². The highest BCUT2D eigenvalue weighted by molar-refractivity contribution is 5.67. The molecule has 2 fully saturated rings. The predicted octanol–water partition coefficient (Wildman–Crippen LogP) is 2.84. The minimum absolute atomic E-state index is 0.165. The molecule has 4 heteroatoms. The molecule has 2 saturated carbocycles. The van der Waals surface area contributed by atoms with Crippen molar-refractivity contribution in [3.63, 3.8) is 0 Å². The van der Waals surface area contributed by atoms with E-state index in [2.05, 4.69) is 5.32 Å². The van der Waals surface area contributed by atoms with Gasteiger partial charge < -0.3 is 15.2 Å². The minimum Gasteiger partial charge on any atom is -0.444 e. The zero-order valence-corrected chi connectivity index (χ0v) is 12.4. The second-order valence-electron chi connectivity index (χ2n) is 7.20. The molecule has 2 rings (SSSR count). The number of carbonyl (C=O) groups excluding carboxylic acids is 1. The van der Waals surface area contributed by atoms with Crippen LogP contribution in [-0.4, -0.2) is 29.4 Å². The Labute approximate surface area is 115 Å². The lowest BCUT2D eigenvalue weighted by molar-refractivity contribution is -0.0973. The van der Waals surface area contributed by atoms with E-state index in [9.17, 15) is 9.90 Å². The van der Waals surface area contributed by atoms with Gasteiger partial charge in [-0.05, 0) is 51.9 Å². The lowest BCUT2D eigenvalue weighted by Crippen LogP contribution is -2.51. The van der Waals surface area contributed by atoms with E-state index in [4.69, 9.17) is 4.74 Å². The number of aliphatic hydroxyl groups is 1. The minimum atomic E-state index is -0.468. The second kappa shape index (κ2) is 5.31. The zero-order valence-electron chi connectivity index (χ0n) is 12.4. The smallest absolute Gasteiger partial charge is 0.407 e. The maximum Gasteiger partial charge on any atom is 0.407 e. The van der Waals surface area contributed by atoms with Crippen molar-refractivity contribution in [2.24, 2.45) is 11.3 Å². The normalized spacial score (nSPS) is 29.7. The zero-order chi connectivity index (χ0) is 14.1. The van der Waals surface area contributed by atoms with Gasteiger partial charge >= 0.3 is 6.09 Å². The third kappa shape index (κ3) is 3.41. The van der Waals surface area contributed by atoms with Crippen molar-refractivity contribution in [3.8, 4) is 0 Å². The molecule has 0 heterocycles. The van der Waals surface area contributed by atoms with Gasteiger partial charge in [-0.1, -0.05) is 12.8 Å². The molecule has 0 aromatic rings. The number of hydrogen-bond acceptors (Lipinski definition) is 3. The first-order chi connectivity index (χ1) is 8.82. The summed E-state index contributed by atoms with van der Waals surface area (Å²) in [6.07, 6.45) is 6.21. The SMILES string of the molecule is CC(C)(C)OC(=O)NCC1CCCC2(CCC2)C1O. The van der Waals surface area contributed by atoms with Crippen molar-refractivity contribution < 1.29 is 14.6 Å². The fourth-order valence-corrected chi connectivity index (χ4v) is 3.44. The highest BCUT2D eigenvalue weighted by Gasteiger charge is 2.48. The van der Waals surface area contributed by atoms with E-state index in [0.717, 1.165) is 32.1 Å². The summed E-state index contributed by atoms with van der Waals surface area (Å²) in [6.45, 7) is 6.08. The van der Waals surface area contributed by atoms with E-state index in [0.29, 0.717) is 6.54 Å². The van der Waals surface area contributed by atoms with Crippen LogP contribution in [0.2, 0.25) is 0 Å². The van der Waals surface area contributed by atoms with E-state index in [1.54, 1.807) is 0 Å². The van der Waals surface area contributed by atoms with Gasteiger partial charge in [0.25, 0.3) is 0 Å². The number of hydrogen-bond donors (Lipinski definition) is 2. The highest BCUT2D eigenvalue weighted by atomic mass is 16.6. The van der Waals surface area contributed by atoms with Crippen molar-refractivity contribution in [1.29, 1.82) is 0 Å². The van der Waals surface area contributed by atoms with Gasteiger partial charge in [0.2, 0.25) is 0 Å². The van der Waals surface area contributed by atoms with Crippen molar-refractivity contribution >= 4 is 6.09 Å². The van der Waals surface area contributed by atoms with Crippen LogP contribution >= 0.6 is 0 Å². The van der Waals surface area contributed by atoms with Gasteiger partial charge in [-0.15, -0.1) is 0 Å². The number of ether oxygens (including phenoxy) is 1. The third-order valence-corrected chi connectivity index (χ3v) is 4.58. The molecule has 1 amide bonds. The monoisotopic (exact) mass is 269 g/mol. The number of amides is 1. The van der Waals surface area contributed by atoms with E-state index >= 15 is 0 Å². The lowest BCUT2D eigenvalue weighted by atomic mass is 9.56. The molecule has 4 nitrogen and oxygen atoms in total. The van der Waals surface area contributed by atoms with Crippen molar-refractivity contribution in [2.45, 2.75) is 71.0 Å². The fourth-order valence-electron chi connectivity index (χ4n) is 3.44. The Hall–Kier alpha value is -0.770. The summed E-state index contributed by atoms with van der Waals surface area (Å²) in [6, 6.07) is 0. The van der Waals surface area contributed by atoms with Crippen LogP contribution in [0.25, 0.3) is 0 Å². The van der Waals surface area contributed by atoms with Crippen LogP contribution in [0.5, 0.6) is 0 Å². The standard InChI is InChI=1S/C15H27NO3/c1-14(2,3)19-13(18)16-10-11-6-4-7-15(12(11)17)8-5-9-15/h11-12,17H,4-10H2,1-3H3,(H,16,18). The molecule has 2 N–H and O–H groups in total. The van der Waals surface area contributed by atoms with Crippen molar-refractivity contribution in [3.05, 3.63) is 0 Å². The van der Waals surface area contributed by atoms with Crippen LogP contribution in [-0.2, 0) is 4.74 Å². The first kappa shape index (κ1) is 14.6. The Morgan fingerprint density at radius 1 is 1.32 bits per heavy atom. The molecule has 0 saturated heterocycles. The van der Waals surface area contributed by atoms with E-state index in [1.165, 1.54) is 6.42 Å². The van der Waals surface area contributed by atoms with Crippen LogP contribution in [0, 0.1) is 11.3 Å². The molecule has 2 aliphatic carbocycles. The highest BCUT2D eigenvalue weighted by Crippen LogP contribution is 2.53. The number of aliphatic hydroxyl groups excluding tert-OH is 1. The molecule has 19 heavy (non-hydrogen) atoms. The maximum absolute atomic E-state index is 11.6. The van der Waals surface area contributed by atoms with Gasteiger partial charge in [0.1, 0.15) is 5.60 Å². The second-order valence-corrected chi connectivity index (χ2v) is 7.20. The molecule has 2 aliphatic rings. The molecule has 0 bridgehead atoms. The number of alkyl carbamates (subject to hydrolysis) is 1. The molecule has 0 aliphatic heterocycles. The van der Waals surface area contributed by atoms with E-state index in [1.807, 2.05) is 20.8 Å². The third-order valence-electron chi connectivity index (χ3n) is 4.58. The molecule has 2 atom stereocenters. The molecular weight excluding hydrogens is 242 g/mol. The van der Waals surface area contributed by atoms with E-state index < -0.39 is 5.60 Å². The number of nitrogens with one attached hydrogen (secondary N) is 1. The van der Waals surface area contributed by atoms with Crippen LogP contribution in [0.4, 0.5) is 4.79 Å². The molecular formula is C15H27NO3. The summed E-state index contributed by atoms with van der Waals surface area (Å²) in [5.41, 5.74) is -0.303. The molecule has 0 aromatic carbocycles. The average Bonchev–Trinajstić information content (AvgIpc) is 2.23. The quantitative estimate of drug-likeness (QED) is 0.810. The molecule has 0 radical (unpaired) electrons. The van der Waals surface area contributed by atoms with Gasteiger partial charge in [-0.3, -0.25) is 0 Å². The topological polar surface area (TPSA) is 58.6 Å². The fraction of sp³-hybridized carbons (Fsp3) is 0.933. The summed E-state index contributed by atoms with van der Waals surface area (Å²) in [5.74, 6) is 0.182. The van der Waals surface area contributed by atoms with Gasteiger partial charge in [-0.2, -0.15) is 0 Å². The molecule has 2 unspecified atom stereocenters. The van der Waals surface area contributed by atoms with Crippen LogP contribution in [0.15, 0.2) is 0 Å². The van der Waals surface area contributed by atoms with Crippen molar-refractivity contribution in [2.75, 3.05) is 6.54 Å². The number of rotatable bonds is 2. The van der Waals surface area contributed by atoms with Gasteiger partial charge in [0, 0.05) is 12.5 Å². The van der Waals surface area contributed by atoms with Crippen LogP contribution < -0.4 is 5.32 Å². The first-order valence-electron chi connectivity index (χ1n) is 7.47. The summed E-state index contributed by atoms with van der Waals surface area (Å²) in [4.78, 5) is 11.6. The lowest BCUT2D eigenvalue weighted by Gasteiger charge is -2.51. The number of carbonyl (C=O) groups is 1. The van der Waals surface area contributed by atoms with Crippen LogP contribution in [0.3, 0.4) is 0 Å². The Morgan fingerprint density at radius 3 is 2.47 bits per heavy atom. The average molecular weight is 269 g/mol. The maximum atomic E-state index is 11.6. The van der Waals surface area contributed by atoms with Gasteiger partial charge in [0.15, 0.2) is 0 Å². The van der Waals surface area contributed by atoms with Gasteiger partial charge in [-0.25, -0.2) is 4.79 Å². The molecule has 0 aromatic heterocycles. The first-order valence-corrected chi connectivity index (χ1v) is 7.47. The Morgan fingerprint density at radius 2 is 1.95 bits per heavy atom. The Bertz CT molecular complexity index is 331. The van der Waals surface area contributed by atoms with Crippen LogP contribution in [0.1, 0.15) is 59.3 Å². The summed E-state index contributed by atoms with van der Waals surface area (Å²) >= 11 is 0. The summed E-state index contributed by atoms with van der Waals surface area (Å²) < 4.78 is 5.22. The molecule has 1 spiro atoms. The summed E-state index contributed by atoms with van der Waals surface area (Å²) in [5, 5.41) is 13.3. The predicted molar refractivity (Wildman–Crippen MR) is 73.9 cm³/mol. The molecule has 110 valence electrons. The Balaban J connectivity index is 1.81.